The first-order chi connectivity index (χ1) is 13.5. The van der Waals surface area contributed by atoms with Crippen LogP contribution in [0.15, 0.2) is 15.7 Å². The molecule has 0 N–H and O–H groups in total. The number of carbonyl (C=O) groups is 1. The number of hydrogen-bond acceptors (Lipinski definition) is 7. The van der Waals surface area contributed by atoms with E-state index in [1.165, 1.54) is 28.6 Å². The Balaban J connectivity index is 1.37. The number of piperazine rings is 1. The van der Waals surface area contributed by atoms with Crippen LogP contribution in [0, 0.1) is 5.92 Å². The zero-order chi connectivity index (χ0) is 19.7. The lowest BCUT2D eigenvalue weighted by atomic mass is 9.90. The molecule has 4 rings (SSSR count). The molecule has 152 valence electrons. The van der Waals surface area contributed by atoms with E-state index in [2.05, 4.69) is 35.0 Å². The van der Waals surface area contributed by atoms with E-state index < -0.39 is 0 Å². The van der Waals surface area contributed by atoms with E-state index in [-0.39, 0.29) is 11.2 Å². The van der Waals surface area contributed by atoms with E-state index >= 15 is 0 Å². The lowest BCUT2D eigenvalue weighted by Gasteiger charge is -2.35. The molecule has 8 heteroatoms. The van der Waals surface area contributed by atoms with Crippen molar-refractivity contribution in [3.63, 3.8) is 0 Å². The summed E-state index contributed by atoms with van der Waals surface area (Å²) in [5.74, 6) is 1.47. The molecular formula is C20H28N4O2S2. The van der Waals surface area contributed by atoms with Crippen molar-refractivity contribution in [2.24, 2.45) is 5.92 Å². The Hall–Kier alpha value is -1.38. The van der Waals surface area contributed by atoms with Crippen molar-refractivity contribution >= 4 is 29.0 Å². The van der Waals surface area contributed by atoms with Gasteiger partial charge in [-0.2, -0.15) is 0 Å². The van der Waals surface area contributed by atoms with Crippen molar-refractivity contribution in [1.82, 2.24) is 20.0 Å². The third-order valence-corrected chi connectivity index (χ3v) is 7.85. The number of aryl methyl sites for hydroxylation is 1. The quantitative estimate of drug-likeness (QED) is 0.689. The molecule has 0 bridgehead atoms. The molecule has 1 saturated heterocycles. The van der Waals surface area contributed by atoms with Crippen molar-refractivity contribution in [2.45, 2.75) is 50.5 Å². The molecule has 6 nitrogen and oxygen atoms in total. The Morgan fingerprint density at radius 1 is 1.36 bits per heavy atom. The summed E-state index contributed by atoms with van der Waals surface area (Å²) in [7, 11) is 0. The molecule has 2 aliphatic rings. The van der Waals surface area contributed by atoms with Crippen LogP contribution in [0.5, 0.6) is 0 Å². The van der Waals surface area contributed by atoms with Gasteiger partial charge in [0.25, 0.3) is 11.1 Å². The summed E-state index contributed by atoms with van der Waals surface area (Å²) >= 11 is 3.13. The molecule has 0 radical (unpaired) electrons. The Labute approximate surface area is 174 Å². The van der Waals surface area contributed by atoms with Gasteiger partial charge in [0.2, 0.25) is 5.91 Å². The predicted octanol–water partition coefficient (Wildman–Crippen LogP) is 3.57. The van der Waals surface area contributed by atoms with Crippen LogP contribution in [-0.4, -0.2) is 63.9 Å². The summed E-state index contributed by atoms with van der Waals surface area (Å²) in [6.07, 6.45) is 3.54. The van der Waals surface area contributed by atoms with Gasteiger partial charge in [-0.25, -0.2) is 0 Å². The third-order valence-electron chi connectivity index (χ3n) is 5.70. The molecule has 1 amide bonds. The Bertz CT molecular complexity index is 826. The number of hydrogen-bond donors (Lipinski definition) is 0. The number of nitrogens with zero attached hydrogens (tertiary/aromatic N) is 4. The number of rotatable bonds is 5. The summed E-state index contributed by atoms with van der Waals surface area (Å²) < 4.78 is 5.89. The highest BCUT2D eigenvalue weighted by molar-refractivity contribution is 8.00. The van der Waals surface area contributed by atoms with E-state index in [1.807, 2.05) is 11.8 Å². The lowest BCUT2D eigenvalue weighted by molar-refractivity contribution is -0.132. The Morgan fingerprint density at radius 3 is 2.89 bits per heavy atom. The second-order valence-electron chi connectivity index (χ2n) is 7.80. The predicted molar refractivity (Wildman–Crippen MR) is 113 cm³/mol. The van der Waals surface area contributed by atoms with E-state index in [0.29, 0.717) is 11.1 Å². The molecule has 2 aromatic rings. The van der Waals surface area contributed by atoms with Crippen molar-refractivity contribution in [3.8, 4) is 10.8 Å². The van der Waals surface area contributed by atoms with Gasteiger partial charge >= 0.3 is 0 Å². The number of aromatic nitrogens is 2. The van der Waals surface area contributed by atoms with Gasteiger partial charge in [0, 0.05) is 31.1 Å². The van der Waals surface area contributed by atoms with Gasteiger partial charge in [-0.3, -0.25) is 4.79 Å². The monoisotopic (exact) mass is 420 g/mol. The van der Waals surface area contributed by atoms with E-state index in [0.717, 1.165) is 56.4 Å². The van der Waals surface area contributed by atoms with Gasteiger partial charge in [-0.15, -0.1) is 21.5 Å². The first-order valence-corrected chi connectivity index (χ1v) is 11.9. The fraction of sp³-hybridized carbons (Fsp3) is 0.650. The molecule has 0 unspecified atom stereocenters. The highest BCUT2D eigenvalue weighted by atomic mass is 32.2. The van der Waals surface area contributed by atoms with Crippen molar-refractivity contribution in [3.05, 3.63) is 16.5 Å². The number of thioether (sulfide) groups is 1. The first kappa shape index (κ1) is 19.9. The number of carbonyl (C=O) groups excluding carboxylic acids is 1. The molecule has 2 atom stereocenters. The normalized spacial score (nSPS) is 21.5. The zero-order valence-corrected chi connectivity index (χ0v) is 18.4. The fourth-order valence-corrected chi connectivity index (χ4v) is 5.81. The minimum atomic E-state index is -0.223. The second kappa shape index (κ2) is 8.55. The molecule has 2 aromatic heterocycles. The molecule has 1 fully saturated rings. The summed E-state index contributed by atoms with van der Waals surface area (Å²) in [4.78, 5) is 19.6. The van der Waals surface area contributed by atoms with Gasteiger partial charge in [-0.05, 0) is 50.3 Å². The molecule has 0 aromatic carbocycles. The standard InChI is InChI=1S/C20H28N4O2S2/c1-4-23-7-9-24(10-8-23)19(25)14(3)27-20-22-21-18(26-20)17-12-15-11-13(2)5-6-16(15)28-17/h12-14H,4-11H2,1-3H3/t13-,14-/m0/s1. The molecule has 0 spiro atoms. The second-order valence-corrected chi connectivity index (χ2v) is 10.2. The lowest BCUT2D eigenvalue weighted by Crippen LogP contribution is -2.50. The van der Waals surface area contributed by atoms with Crippen molar-refractivity contribution < 1.29 is 9.21 Å². The molecule has 1 aliphatic carbocycles. The summed E-state index contributed by atoms with van der Waals surface area (Å²) in [5.41, 5.74) is 1.43. The first-order valence-electron chi connectivity index (χ1n) is 10.2. The molecule has 3 heterocycles. The Kier molecular flexibility index (Phi) is 6.08. The van der Waals surface area contributed by atoms with Crippen LogP contribution in [0.4, 0.5) is 0 Å². The van der Waals surface area contributed by atoms with Crippen LogP contribution in [0.1, 0.15) is 37.6 Å². The van der Waals surface area contributed by atoms with E-state index in [4.69, 9.17) is 4.42 Å². The van der Waals surface area contributed by atoms with Crippen LogP contribution < -0.4 is 0 Å². The summed E-state index contributed by atoms with van der Waals surface area (Å²) in [6, 6.07) is 2.21. The average Bonchev–Trinajstić information content (AvgIpc) is 3.33. The van der Waals surface area contributed by atoms with Crippen molar-refractivity contribution in [1.29, 1.82) is 0 Å². The summed E-state index contributed by atoms with van der Waals surface area (Å²) in [5, 5.41) is 8.67. The number of thiophene rings is 1. The van der Waals surface area contributed by atoms with Gasteiger partial charge in [0.1, 0.15) is 0 Å². The van der Waals surface area contributed by atoms with Crippen LogP contribution in [0.2, 0.25) is 0 Å². The van der Waals surface area contributed by atoms with Gasteiger partial charge in [-0.1, -0.05) is 25.6 Å². The molecular weight excluding hydrogens is 392 g/mol. The van der Waals surface area contributed by atoms with Crippen LogP contribution >= 0.6 is 23.1 Å². The SMILES string of the molecule is CCN1CCN(C(=O)[C@H](C)Sc2nnc(-c3cc4c(s3)CC[C@H](C)C4)o2)CC1. The largest absolute Gasteiger partial charge is 0.410 e. The highest BCUT2D eigenvalue weighted by Crippen LogP contribution is 2.37. The maximum absolute atomic E-state index is 12.7. The minimum absolute atomic E-state index is 0.154. The number of likely N-dealkylation sites (N-methyl/N-ethyl adjacent to an activating group) is 1. The topological polar surface area (TPSA) is 62.5 Å². The van der Waals surface area contributed by atoms with E-state index in [9.17, 15) is 4.79 Å². The smallest absolute Gasteiger partial charge is 0.277 e. The average molecular weight is 421 g/mol. The van der Waals surface area contributed by atoms with Crippen molar-refractivity contribution in [2.75, 3.05) is 32.7 Å². The molecule has 1 aliphatic heterocycles. The fourth-order valence-electron chi connectivity index (χ4n) is 3.91. The van der Waals surface area contributed by atoms with Crippen LogP contribution in [-0.2, 0) is 17.6 Å². The molecule has 0 saturated carbocycles. The van der Waals surface area contributed by atoms with Gasteiger partial charge < -0.3 is 14.2 Å². The number of amides is 1. The maximum atomic E-state index is 12.7. The molecule has 28 heavy (non-hydrogen) atoms. The highest BCUT2D eigenvalue weighted by Gasteiger charge is 2.27. The summed E-state index contributed by atoms with van der Waals surface area (Å²) in [6.45, 7) is 10.9. The van der Waals surface area contributed by atoms with Gasteiger partial charge in [0.05, 0.1) is 10.1 Å². The van der Waals surface area contributed by atoms with Crippen LogP contribution in [0.3, 0.4) is 0 Å². The Morgan fingerprint density at radius 2 is 2.14 bits per heavy atom. The van der Waals surface area contributed by atoms with E-state index in [1.54, 1.807) is 11.3 Å². The van der Waals surface area contributed by atoms with Crippen LogP contribution in [0.25, 0.3) is 10.8 Å². The minimum Gasteiger partial charge on any atom is -0.410 e. The third kappa shape index (κ3) is 4.28. The van der Waals surface area contributed by atoms with Gasteiger partial charge in [0.15, 0.2) is 0 Å². The zero-order valence-electron chi connectivity index (χ0n) is 16.8. The maximum Gasteiger partial charge on any atom is 0.277 e. The number of fused-ring (bicyclic) bond motifs is 1.